The summed E-state index contributed by atoms with van der Waals surface area (Å²) in [5.41, 5.74) is 7.17. The van der Waals surface area contributed by atoms with Crippen LogP contribution in [0, 0.1) is 0 Å². The van der Waals surface area contributed by atoms with Gasteiger partial charge in [-0.1, -0.05) is 0 Å². The van der Waals surface area contributed by atoms with Gasteiger partial charge >= 0.3 is 0 Å². The van der Waals surface area contributed by atoms with Crippen LogP contribution in [0.15, 0.2) is 41.0 Å². The van der Waals surface area contributed by atoms with Gasteiger partial charge in [-0.15, -0.1) is 0 Å². The van der Waals surface area contributed by atoms with Gasteiger partial charge in [-0.05, 0) is 30.3 Å². The third-order valence-corrected chi connectivity index (χ3v) is 4.01. The van der Waals surface area contributed by atoms with Gasteiger partial charge in [-0.25, -0.2) is 0 Å². The highest BCUT2D eigenvalue weighted by atomic mass is 16.5. The van der Waals surface area contributed by atoms with Crippen LogP contribution in [0.3, 0.4) is 0 Å². The quantitative estimate of drug-likeness (QED) is 0.717. The SMILES string of the molecule is NCc1cc(C(=O)Nc2ccc(NC(=O)CN3CCOCC3)cc2)co1. The lowest BCUT2D eigenvalue weighted by molar-refractivity contribution is -0.118. The fraction of sp³-hybridized carbons (Fsp3) is 0.333. The van der Waals surface area contributed by atoms with Crippen molar-refractivity contribution in [1.29, 1.82) is 0 Å². The van der Waals surface area contributed by atoms with E-state index in [1.165, 1.54) is 6.26 Å². The second-order valence-electron chi connectivity index (χ2n) is 5.97. The standard InChI is InChI=1S/C18H22N4O4/c19-10-16-9-13(12-26-16)18(24)21-15-3-1-14(2-4-15)20-17(23)11-22-5-7-25-8-6-22/h1-4,9,12H,5-8,10-11,19H2,(H,20,23)(H,21,24). The van der Waals surface area contributed by atoms with E-state index in [-0.39, 0.29) is 18.4 Å². The van der Waals surface area contributed by atoms with Crippen molar-refractivity contribution >= 4 is 23.2 Å². The number of hydrogen-bond donors (Lipinski definition) is 3. The number of ether oxygens (including phenoxy) is 1. The van der Waals surface area contributed by atoms with Gasteiger partial charge in [0.15, 0.2) is 0 Å². The Bertz CT molecular complexity index is 751. The Morgan fingerprint density at radius 3 is 2.35 bits per heavy atom. The van der Waals surface area contributed by atoms with Gasteiger partial charge in [-0.3, -0.25) is 14.5 Å². The summed E-state index contributed by atoms with van der Waals surface area (Å²) in [5, 5.41) is 5.62. The number of hydrogen-bond acceptors (Lipinski definition) is 6. The Morgan fingerprint density at radius 1 is 1.08 bits per heavy atom. The lowest BCUT2D eigenvalue weighted by atomic mass is 10.2. The molecule has 0 bridgehead atoms. The molecule has 0 saturated carbocycles. The van der Waals surface area contributed by atoms with E-state index in [0.717, 1.165) is 13.1 Å². The maximum Gasteiger partial charge on any atom is 0.258 e. The normalized spacial score (nSPS) is 14.8. The summed E-state index contributed by atoms with van der Waals surface area (Å²) in [6.45, 7) is 3.42. The van der Waals surface area contributed by atoms with Crippen molar-refractivity contribution in [2.24, 2.45) is 5.73 Å². The third-order valence-electron chi connectivity index (χ3n) is 4.01. The summed E-state index contributed by atoms with van der Waals surface area (Å²) in [7, 11) is 0. The predicted molar refractivity (Wildman–Crippen MR) is 96.9 cm³/mol. The van der Waals surface area contributed by atoms with E-state index < -0.39 is 0 Å². The Kier molecular flexibility index (Phi) is 6.00. The molecule has 3 rings (SSSR count). The number of furan rings is 1. The van der Waals surface area contributed by atoms with Gasteiger partial charge < -0.3 is 25.5 Å². The highest BCUT2D eigenvalue weighted by molar-refractivity contribution is 6.04. The second-order valence-corrected chi connectivity index (χ2v) is 5.97. The molecule has 2 aromatic rings. The maximum absolute atomic E-state index is 12.1. The first-order valence-corrected chi connectivity index (χ1v) is 8.43. The number of nitrogens with two attached hydrogens (primary N) is 1. The van der Waals surface area contributed by atoms with Crippen molar-refractivity contribution in [2.45, 2.75) is 6.54 Å². The molecule has 0 spiro atoms. The first kappa shape index (κ1) is 18.1. The molecule has 4 N–H and O–H groups in total. The molecule has 2 amide bonds. The molecule has 1 fully saturated rings. The van der Waals surface area contributed by atoms with Crippen molar-refractivity contribution in [3.05, 3.63) is 47.9 Å². The van der Waals surface area contributed by atoms with E-state index in [2.05, 4.69) is 10.6 Å². The first-order chi connectivity index (χ1) is 12.6. The summed E-state index contributed by atoms with van der Waals surface area (Å²) in [4.78, 5) is 26.3. The van der Waals surface area contributed by atoms with Crippen LogP contribution < -0.4 is 16.4 Å². The van der Waals surface area contributed by atoms with Crippen molar-refractivity contribution < 1.29 is 18.7 Å². The fourth-order valence-electron chi connectivity index (χ4n) is 2.61. The number of nitrogens with one attached hydrogen (secondary N) is 2. The van der Waals surface area contributed by atoms with E-state index in [1.807, 2.05) is 4.90 Å². The summed E-state index contributed by atoms with van der Waals surface area (Å²) in [6.07, 6.45) is 1.37. The zero-order valence-corrected chi connectivity index (χ0v) is 14.4. The van der Waals surface area contributed by atoms with Crippen LogP contribution in [0.2, 0.25) is 0 Å². The molecule has 26 heavy (non-hydrogen) atoms. The minimum absolute atomic E-state index is 0.0728. The van der Waals surface area contributed by atoms with Crippen LogP contribution in [-0.4, -0.2) is 49.6 Å². The third kappa shape index (κ3) is 4.92. The van der Waals surface area contributed by atoms with Gasteiger partial charge in [0.2, 0.25) is 5.91 Å². The first-order valence-electron chi connectivity index (χ1n) is 8.43. The number of carbonyl (C=O) groups is 2. The molecule has 0 unspecified atom stereocenters. The molecule has 1 aromatic heterocycles. The van der Waals surface area contributed by atoms with Gasteiger partial charge in [0.25, 0.3) is 5.91 Å². The fourth-order valence-corrected chi connectivity index (χ4v) is 2.61. The Balaban J connectivity index is 1.51. The van der Waals surface area contributed by atoms with E-state index in [4.69, 9.17) is 14.9 Å². The molecule has 0 radical (unpaired) electrons. The average Bonchev–Trinajstić information content (AvgIpc) is 3.13. The van der Waals surface area contributed by atoms with Gasteiger partial charge in [0.05, 0.1) is 31.9 Å². The molecule has 1 aliphatic rings. The van der Waals surface area contributed by atoms with Crippen LogP contribution in [0.4, 0.5) is 11.4 Å². The maximum atomic E-state index is 12.1. The smallest absolute Gasteiger partial charge is 0.258 e. The monoisotopic (exact) mass is 358 g/mol. The Labute approximate surface area is 151 Å². The molecule has 1 aromatic carbocycles. The minimum Gasteiger partial charge on any atom is -0.467 e. The highest BCUT2D eigenvalue weighted by Crippen LogP contribution is 2.16. The van der Waals surface area contributed by atoms with E-state index in [9.17, 15) is 9.59 Å². The lowest BCUT2D eigenvalue weighted by Crippen LogP contribution is -2.41. The highest BCUT2D eigenvalue weighted by Gasteiger charge is 2.14. The summed E-state index contributed by atoms with van der Waals surface area (Å²) in [6, 6.07) is 8.55. The zero-order chi connectivity index (χ0) is 18.4. The zero-order valence-electron chi connectivity index (χ0n) is 14.4. The number of morpholine rings is 1. The largest absolute Gasteiger partial charge is 0.467 e. The molecule has 8 heteroatoms. The van der Waals surface area contributed by atoms with Crippen molar-refractivity contribution in [1.82, 2.24) is 4.90 Å². The summed E-state index contributed by atoms with van der Waals surface area (Å²) >= 11 is 0. The van der Waals surface area contributed by atoms with Crippen LogP contribution in [-0.2, 0) is 16.1 Å². The molecule has 0 atom stereocenters. The average molecular weight is 358 g/mol. The van der Waals surface area contributed by atoms with E-state index >= 15 is 0 Å². The van der Waals surface area contributed by atoms with E-state index in [0.29, 0.717) is 42.5 Å². The number of anilines is 2. The topological polar surface area (TPSA) is 110 Å². The summed E-state index contributed by atoms with van der Waals surface area (Å²) < 4.78 is 10.4. The number of rotatable bonds is 6. The van der Waals surface area contributed by atoms with Crippen LogP contribution in [0.25, 0.3) is 0 Å². The minimum atomic E-state index is -0.280. The second kappa shape index (κ2) is 8.61. The molecule has 1 aliphatic heterocycles. The molecule has 138 valence electrons. The number of nitrogens with zero attached hydrogens (tertiary/aromatic N) is 1. The van der Waals surface area contributed by atoms with Gasteiger partial charge in [-0.2, -0.15) is 0 Å². The lowest BCUT2D eigenvalue weighted by Gasteiger charge is -2.25. The number of carbonyl (C=O) groups excluding carboxylic acids is 2. The van der Waals surface area contributed by atoms with E-state index in [1.54, 1.807) is 30.3 Å². The summed E-state index contributed by atoms with van der Waals surface area (Å²) in [5.74, 6) is 0.197. The van der Waals surface area contributed by atoms with Gasteiger partial charge in [0, 0.05) is 24.5 Å². The van der Waals surface area contributed by atoms with Crippen molar-refractivity contribution in [2.75, 3.05) is 43.5 Å². The Hall–Kier alpha value is -2.68. The molecule has 0 aliphatic carbocycles. The van der Waals surface area contributed by atoms with Crippen LogP contribution >= 0.6 is 0 Å². The molecule has 1 saturated heterocycles. The molecule has 2 heterocycles. The number of amides is 2. The molecule has 8 nitrogen and oxygen atoms in total. The Morgan fingerprint density at radius 2 is 1.73 bits per heavy atom. The van der Waals surface area contributed by atoms with Gasteiger partial charge in [0.1, 0.15) is 12.0 Å². The van der Waals surface area contributed by atoms with Crippen molar-refractivity contribution in [3.8, 4) is 0 Å². The predicted octanol–water partition coefficient (Wildman–Crippen LogP) is 1.26. The van der Waals surface area contributed by atoms with Crippen molar-refractivity contribution in [3.63, 3.8) is 0 Å². The molecular weight excluding hydrogens is 336 g/mol. The number of benzene rings is 1. The van der Waals surface area contributed by atoms with Crippen LogP contribution in [0.5, 0.6) is 0 Å². The molecular formula is C18H22N4O4. The van der Waals surface area contributed by atoms with Crippen LogP contribution in [0.1, 0.15) is 16.1 Å².